The fourth-order valence-electron chi connectivity index (χ4n) is 2.82. The molecule has 0 atom stereocenters. The number of aromatic nitrogens is 4. The van der Waals surface area contributed by atoms with Gasteiger partial charge in [-0.1, -0.05) is 12.1 Å². The van der Waals surface area contributed by atoms with Crippen LogP contribution in [0.2, 0.25) is 0 Å². The molecule has 2 aromatic heterocycles. The Morgan fingerprint density at radius 1 is 1.33 bits per heavy atom. The molecule has 6 nitrogen and oxygen atoms in total. The average Bonchev–Trinajstić information content (AvgIpc) is 3.14. The van der Waals surface area contributed by atoms with Gasteiger partial charge in [-0.05, 0) is 61.3 Å². The highest BCUT2D eigenvalue weighted by Gasteiger charge is 2.32. The summed E-state index contributed by atoms with van der Waals surface area (Å²) in [5.74, 6) is -0.482. The van der Waals surface area contributed by atoms with E-state index in [0.29, 0.717) is 17.9 Å². The number of carbonyl (C=O) groups is 1. The van der Waals surface area contributed by atoms with E-state index in [9.17, 15) is 9.18 Å². The van der Waals surface area contributed by atoms with Crippen LogP contribution in [-0.2, 0) is 16.9 Å². The summed E-state index contributed by atoms with van der Waals surface area (Å²) in [6.45, 7) is 7.73. The van der Waals surface area contributed by atoms with E-state index in [0.717, 1.165) is 15.7 Å². The van der Waals surface area contributed by atoms with Crippen molar-refractivity contribution in [2.24, 2.45) is 0 Å². The standard InChI is InChI=1S/C19H21BrFN5O/c1-12-17(23-18(27)19(3,4)26-11-15(20)9-22-26)13(2)25(24-12)10-14-6-5-7-16(21)8-14/h5-9,11H,10H2,1-4H3,(H,23,27). The van der Waals surface area contributed by atoms with E-state index in [-0.39, 0.29) is 11.7 Å². The molecule has 0 aliphatic heterocycles. The minimum atomic E-state index is -0.879. The second-order valence-electron chi connectivity index (χ2n) is 6.95. The van der Waals surface area contributed by atoms with Gasteiger partial charge in [-0.3, -0.25) is 14.2 Å². The van der Waals surface area contributed by atoms with Crippen molar-refractivity contribution in [3.63, 3.8) is 0 Å². The summed E-state index contributed by atoms with van der Waals surface area (Å²) in [6, 6.07) is 6.40. The van der Waals surface area contributed by atoms with Crippen molar-refractivity contribution in [1.29, 1.82) is 0 Å². The van der Waals surface area contributed by atoms with Gasteiger partial charge >= 0.3 is 0 Å². The van der Waals surface area contributed by atoms with E-state index in [1.54, 1.807) is 41.7 Å². The monoisotopic (exact) mass is 433 g/mol. The van der Waals surface area contributed by atoms with E-state index in [1.165, 1.54) is 12.1 Å². The quantitative estimate of drug-likeness (QED) is 0.660. The highest BCUT2D eigenvalue weighted by molar-refractivity contribution is 9.10. The first-order valence-electron chi connectivity index (χ1n) is 8.49. The molecule has 0 unspecified atom stereocenters. The van der Waals surface area contributed by atoms with Gasteiger partial charge in [0.1, 0.15) is 11.4 Å². The summed E-state index contributed by atoms with van der Waals surface area (Å²) < 4.78 is 17.6. The number of aryl methyl sites for hydroxylation is 1. The predicted octanol–water partition coefficient (Wildman–Crippen LogP) is 4.02. The van der Waals surface area contributed by atoms with Crippen molar-refractivity contribution < 1.29 is 9.18 Å². The zero-order chi connectivity index (χ0) is 19.8. The van der Waals surface area contributed by atoms with Crippen LogP contribution in [0.25, 0.3) is 0 Å². The highest BCUT2D eigenvalue weighted by atomic mass is 79.9. The van der Waals surface area contributed by atoms with Crippen LogP contribution in [0.5, 0.6) is 0 Å². The molecule has 1 aromatic carbocycles. The van der Waals surface area contributed by atoms with Gasteiger partial charge in [-0.15, -0.1) is 0 Å². The molecular weight excluding hydrogens is 413 g/mol. The van der Waals surface area contributed by atoms with Crippen molar-refractivity contribution in [3.8, 4) is 0 Å². The Kier molecular flexibility index (Phi) is 5.19. The summed E-state index contributed by atoms with van der Waals surface area (Å²) in [6.07, 6.45) is 3.40. The molecule has 0 saturated carbocycles. The Hall–Kier alpha value is -2.48. The van der Waals surface area contributed by atoms with E-state index in [4.69, 9.17) is 0 Å². The van der Waals surface area contributed by atoms with Crippen LogP contribution < -0.4 is 5.32 Å². The maximum atomic E-state index is 13.4. The van der Waals surface area contributed by atoms with Crippen molar-refractivity contribution in [2.45, 2.75) is 39.8 Å². The van der Waals surface area contributed by atoms with E-state index < -0.39 is 5.54 Å². The lowest BCUT2D eigenvalue weighted by atomic mass is 10.0. The normalized spacial score (nSPS) is 11.6. The highest BCUT2D eigenvalue weighted by Crippen LogP contribution is 2.24. The molecule has 0 aliphatic carbocycles. The van der Waals surface area contributed by atoms with Gasteiger partial charge in [0.2, 0.25) is 0 Å². The second kappa shape index (κ2) is 7.26. The lowest BCUT2D eigenvalue weighted by Gasteiger charge is -2.24. The van der Waals surface area contributed by atoms with Gasteiger partial charge in [0.25, 0.3) is 5.91 Å². The summed E-state index contributed by atoms with van der Waals surface area (Å²) in [4.78, 5) is 12.9. The van der Waals surface area contributed by atoms with Gasteiger partial charge in [-0.25, -0.2) is 4.39 Å². The Morgan fingerprint density at radius 2 is 2.07 bits per heavy atom. The first kappa shape index (κ1) is 19.3. The van der Waals surface area contributed by atoms with Crippen molar-refractivity contribution in [3.05, 3.63) is 63.9 Å². The third-order valence-corrected chi connectivity index (χ3v) is 4.93. The van der Waals surface area contributed by atoms with Crippen molar-refractivity contribution in [1.82, 2.24) is 19.6 Å². The minimum Gasteiger partial charge on any atom is -0.321 e. The molecule has 3 aromatic rings. The molecular formula is C19H21BrFN5O. The Morgan fingerprint density at radius 3 is 2.70 bits per heavy atom. The Labute approximate surface area is 165 Å². The molecule has 0 radical (unpaired) electrons. The summed E-state index contributed by atoms with van der Waals surface area (Å²) in [7, 11) is 0. The third-order valence-electron chi connectivity index (χ3n) is 4.52. The molecule has 27 heavy (non-hydrogen) atoms. The number of anilines is 1. The van der Waals surface area contributed by atoms with Crippen LogP contribution in [-0.4, -0.2) is 25.5 Å². The largest absolute Gasteiger partial charge is 0.321 e. The molecule has 0 aliphatic rings. The maximum absolute atomic E-state index is 13.4. The second-order valence-corrected chi connectivity index (χ2v) is 7.87. The fourth-order valence-corrected chi connectivity index (χ4v) is 3.10. The number of hydrogen-bond donors (Lipinski definition) is 1. The molecule has 0 bridgehead atoms. The molecule has 142 valence electrons. The number of nitrogens with zero attached hydrogens (tertiary/aromatic N) is 4. The van der Waals surface area contributed by atoms with E-state index >= 15 is 0 Å². The number of halogens is 2. The zero-order valence-corrected chi connectivity index (χ0v) is 17.2. The van der Waals surface area contributed by atoms with E-state index in [1.807, 2.05) is 19.9 Å². The van der Waals surface area contributed by atoms with Crippen LogP contribution in [0.4, 0.5) is 10.1 Å². The SMILES string of the molecule is Cc1nn(Cc2cccc(F)c2)c(C)c1NC(=O)C(C)(C)n1cc(Br)cn1. The Bertz CT molecular complexity index is 992. The molecule has 1 N–H and O–H groups in total. The molecule has 8 heteroatoms. The van der Waals surface area contributed by atoms with Crippen molar-refractivity contribution in [2.75, 3.05) is 5.32 Å². The predicted molar refractivity (Wildman–Crippen MR) is 105 cm³/mol. The van der Waals surface area contributed by atoms with Crippen LogP contribution >= 0.6 is 15.9 Å². The van der Waals surface area contributed by atoms with Gasteiger partial charge in [-0.2, -0.15) is 10.2 Å². The first-order valence-corrected chi connectivity index (χ1v) is 9.28. The first-order chi connectivity index (χ1) is 12.7. The van der Waals surface area contributed by atoms with Crippen LogP contribution in [0, 0.1) is 19.7 Å². The average molecular weight is 434 g/mol. The van der Waals surface area contributed by atoms with Gasteiger partial charge in [0, 0.05) is 6.20 Å². The third kappa shape index (κ3) is 3.95. The molecule has 0 saturated heterocycles. The van der Waals surface area contributed by atoms with Gasteiger partial charge in [0.15, 0.2) is 0 Å². The van der Waals surface area contributed by atoms with Crippen LogP contribution in [0.1, 0.15) is 30.8 Å². The fraction of sp³-hybridized carbons (Fsp3) is 0.316. The number of hydrogen-bond acceptors (Lipinski definition) is 3. The number of benzene rings is 1. The molecule has 3 rings (SSSR count). The summed E-state index contributed by atoms with van der Waals surface area (Å²) in [5, 5.41) is 11.7. The molecule has 0 fully saturated rings. The summed E-state index contributed by atoms with van der Waals surface area (Å²) >= 11 is 3.35. The van der Waals surface area contributed by atoms with Crippen LogP contribution in [0.15, 0.2) is 41.1 Å². The molecule has 2 heterocycles. The van der Waals surface area contributed by atoms with Gasteiger partial charge in [0.05, 0.1) is 34.3 Å². The number of amides is 1. The van der Waals surface area contributed by atoms with Crippen molar-refractivity contribution >= 4 is 27.5 Å². The number of rotatable bonds is 5. The summed E-state index contributed by atoms with van der Waals surface area (Å²) in [5.41, 5.74) is 2.10. The van der Waals surface area contributed by atoms with Crippen LogP contribution in [0.3, 0.4) is 0 Å². The Balaban J connectivity index is 1.83. The molecule has 0 spiro atoms. The topological polar surface area (TPSA) is 64.7 Å². The van der Waals surface area contributed by atoms with E-state index in [2.05, 4.69) is 31.4 Å². The number of nitrogens with one attached hydrogen (secondary N) is 1. The lowest BCUT2D eigenvalue weighted by molar-refractivity contribution is -0.123. The smallest absolute Gasteiger partial charge is 0.251 e. The zero-order valence-electron chi connectivity index (χ0n) is 15.6. The maximum Gasteiger partial charge on any atom is 0.251 e. The minimum absolute atomic E-state index is 0.199. The lowest BCUT2D eigenvalue weighted by Crippen LogP contribution is -2.40. The van der Waals surface area contributed by atoms with Gasteiger partial charge < -0.3 is 5.32 Å². The number of carbonyl (C=O) groups excluding carboxylic acids is 1. The molecule has 1 amide bonds.